The van der Waals surface area contributed by atoms with E-state index >= 15 is 0 Å². The molecule has 0 aliphatic rings. The van der Waals surface area contributed by atoms with Crippen molar-refractivity contribution in [3.05, 3.63) is 35.1 Å². The van der Waals surface area contributed by atoms with Crippen LogP contribution in [0.5, 0.6) is 0 Å². The summed E-state index contributed by atoms with van der Waals surface area (Å²) >= 11 is 0. The lowest BCUT2D eigenvalue weighted by atomic mass is 10.0. The van der Waals surface area contributed by atoms with Crippen molar-refractivity contribution in [2.75, 3.05) is 7.11 Å². The molecule has 0 saturated carbocycles. The molecule has 94 valence electrons. The Hall–Kier alpha value is -2.22. The molecule has 0 atom stereocenters. The van der Waals surface area contributed by atoms with Crippen molar-refractivity contribution in [3.8, 4) is 6.07 Å². The molecule has 0 saturated heterocycles. The molecule has 1 aromatic carbocycles. The van der Waals surface area contributed by atoms with Crippen molar-refractivity contribution in [2.24, 2.45) is 0 Å². The van der Waals surface area contributed by atoms with Gasteiger partial charge in [0.25, 0.3) is 0 Å². The van der Waals surface area contributed by atoms with Crippen molar-refractivity contribution in [3.63, 3.8) is 0 Å². The molecule has 0 radical (unpaired) electrons. The number of rotatable bonds is 5. The van der Waals surface area contributed by atoms with E-state index in [9.17, 15) is 14.0 Å². The van der Waals surface area contributed by atoms with Crippen molar-refractivity contribution in [2.45, 2.75) is 19.3 Å². The largest absolute Gasteiger partial charge is 0.469 e. The quantitative estimate of drug-likeness (QED) is 0.592. The van der Waals surface area contributed by atoms with Crippen molar-refractivity contribution in [1.82, 2.24) is 0 Å². The van der Waals surface area contributed by atoms with Gasteiger partial charge in [-0.3, -0.25) is 9.59 Å². The van der Waals surface area contributed by atoms with Crippen molar-refractivity contribution in [1.29, 1.82) is 5.26 Å². The van der Waals surface area contributed by atoms with E-state index in [1.807, 2.05) is 0 Å². The van der Waals surface area contributed by atoms with Crippen LogP contribution in [0.1, 0.15) is 35.2 Å². The van der Waals surface area contributed by atoms with Gasteiger partial charge in [-0.15, -0.1) is 0 Å². The summed E-state index contributed by atoms with van der Waals surface area (Å²) in [7, 11) is 1.27. The Morgan fingerprint density at radius 2 is 2.11 bits per heavy atom. The fourth-order valence-electron chi connectivity index (χ4n) is 1.50. The molecule has 18 heavy (non-hydrogen) atoms. The normalized spacial score (nSPS) is 9.61. The van der Waals surface area contributed by atoms with Crippen LogP contribution in [0.3, 0.4) is 0 Å². The molecule has 0 fully saturated rings. The molecule has 0 aromatic heterocycles. The molecule has 0 N–H and O–H groups in total. The van der Waals surface area contributed by atoms with Gasteiger partial charge in [0, 0.05) is 18.4 Å². The summed E-state index contributed by atoms with van der Waals surface area (Å²) in [6.07, 6.45) is 0.513. The lowest BCUT2D eigenvalue weighted by Crippen LogP contribution is -2.06. The van der Waals surface area contributed by atoms with Gasteiger partial charge in [0.1, 0.15) is 11.9 Å². The Bertz CT molecular complexity index is 505. The number of esters is 1. The van der Waals surface area contributed by atoms with Gasteiger partial charge in [-0.05, 0) is 18.6 Å². The Morgan fingerprint density at radius 3 is 2.72 bits per heavy atom. The summed E-state index contributed by atoms with van der Waals surface area (Å²) in [5, 5.41) is 8.78. The molecule has 0 bridgehead atoms. The van der Waals surface area contributed by atoms with Crippen LogP contribution < -0.4 is 0 Å². The van der Waals surface area contributed by atoms with Gasteiger partial charge in [-0.2, -0.15) is 5.26 Å². The SMILES string of the molecule is COC(=O)CCCC(=O)c1cccc(F)c1C#N. The minimum Gasteiger partial charge on any atom is -0.469 e. The zero-order valence-electron chi connectivity index (χ0n) is 9.90. The summed E-state index contributed by atoms with van der Waals surface area (Å²) in [4.78, 5) is 22.6. The molecule has 0 unspecified atom stereocenters. The molecule has 0 amide bonds. The Kier molecular flexibility index (Phi) is 5.00. The van der Waals surface area contributed by atoms with Crippen LogP contribution in [-0.2, 0) is 9.53 Å². The second kappa shape index (κ2) is 6.50. The molecular formula is C13H12FNO3. The standard InChI is InChI=1S/C13H12FNO3/c1-18-13(17)7-3-6-12(16)9-4-2-5-11(14)10(9)8-15/h2,4-5H,3,6-7H2,1H3. The number of carbonyl (C=O) groups excluding carboxylic acids is 2. The van der Waals surface area contributed by atoms with E-state index in [2.05, 4.69) is 4.74 Å². The number of halogens is 1. The van der Waals surface area contributed by atoms with Crippen LogP contribution in [0.15, 0.2) is 18.2 Å². The molecule has 0 aliphatic heterocycles. The van der Waals surface area contributed by atoms with E-state index in [0.29, 0.717) is 6.42 Å². The third kappa shape index (κ3) is 3.39. The zero-order chi connectivity index (χ0) is 13.5. The first-order chi connectivity index (χ1) is 8.60. The molecule has 0 aliphatic carbocycles. The van der Waals surface area contributed by atoms with Gasteiger partial charge in [-0.1, -0.05) is 6.07 Å². The maximum atomic E-state index is 13.3. The number of hydrogen-bond acceptors (Lipinski definition) is 4. The molecule has 0 spiro atoms. The molecule has 0 heterocycles. The number of Topliss-reactive ketones (excluding diaryl/α,β-unsaturated/α-hetero) is 1. The van der Waals surface area contributed by atoms with Crippen molar-refractivity contribution < 1.29 is 18.7 Å². The molecule has 4 nitrogen and oxygen atoms in total. The number of carbonyl (C=O) groups is 2. The number of ketones is 1. The number of nitrogens with zero attached hydrogens (tertiary/aromatic N) is 1. The van der Waals surface area contributed by atoms with E-state index in [1.165, 1.54) is 19.2 Å². The Balaban J connectivity index is 2.71. The predicted octanol–water partition coefficient (Wildman–Crippen LogP) is 2.22. The predicted molar refractivity (Wildman–Crippen MR) is 61.3 cm³/mol. The maximum absolute atomic E-state index is 13.3. The maximum Gasteiger partial charge on any atom is 0.305 e. The summed E-state index contributed by atoms with van der Waals surface area (Å²) in [6.45, 7) is 0. The van der Waals surface area contributed by atoms with Crippen molar-refractivity contribution >= 4 is 11.8 Å². The van der Waals surface area contributed by atoms with Crippen LogP contribution in [0.4, 0.5) is 4.39 Å². The zero-order valence-corrected chi connectivity index (χ0v) is 9.90. The molecule has 5 heteroatoms. The lowest BCUT2D eigenvalue weighted by Gasteiger charge is -2.03. The lowest BCUT2D eigenvalue weighted by molar-refractivity contribution is -0.140. The van der Waals surface area contributed by atoms with Crippen LogP contribution >= 0.6 is 0 Å². The van der Waals surface area contributed by atoms with Gasteiger partial charge in [0.15, 0.2) is 5.78 Å². The number of ether oxygens (including phenoxy) is 1. The van der Waals surface area contributed by atoms with E-state index in [0.717, 1.165) is 6.07 Å². The summed E-state index contributed by atoms with van der Waals surface area (Å²) in [5.74, 6) is -1.46. The number of benzene rings is 1. The van der Waals surface area contributed by atoms with Crippen LogP contribution in [0, 0.1) is 17.1 Å². The van der Waals surface area contributed by atoms with E-state index in [4.69, 9.17) is 5.26 Å². The summed E-state index contributed by atoms with van der Waals surface area (Å²) in [5.41, 5.74) is -0.192. The average Bonchev–Trinajstić information content (AvgIpc) is 2.37. The first-order valence-corrected chi connectivity index (χ1v) is 5.38. The number of methoxy groups -OCH3 is 1. The van der Waals surface area contributed by atoms with Gasteiger partial charge in [0.05, 0.1) is 12.7 Å². The second-order valence-electron chi connectivity index (χ2n) is 3.63. The Labute approximate surface area is 104 Å². The summed E-state index contributed by atoms with van der Waals surface area (Å²) in [6, 6.07) is 5.58. The van der Waals surface area contributed by atoms with Crippen LogP contribution in [-0.4, -0.2) is 18.9 Å². The van der Waals surface area contributed by atoms with Crippen LogP contribution in [0.25, 0.3) is 0 Å². The number of nitriles is 1. The Morgan fingerprint density at radius 1 is 1.39 bits per heavy atom. The second-order valence-corrected chi connectivity index (χ2v) is 3.63. The summed E-state index contributed by atoms with van der Waals surface area (Å²) < 4.78 is 17.7. The molecule has 1 rings (SSSR count). The minimum absolute atomic E-state index is 0.0577. The van der Waals surface area contributed by atoms with Crippen LogP contribution in [0.2, 0.25) is 0 Å². The van der Waals surface area contributed by atoms with Gasteiger partial charge in [-0.25, -0.2) is 4.39 Å². The average molecular weight is 249 g/mol. The van der Waals surface area contributed by atoms with Gasteiger partial charge >= 0.3 is 5.97 Å². The fourth-order valence-corrected chi connectivity index (χ4v) is 1.50. The first-order valence-electron chi connectivity index (χ1n) is 5.38. The highest BCUT2D eigenvalue weighted by molar-refractivity contribution is 5.98. The highest BCUT2D eigenvalue weighted by atomic mass is 19.1. The monoisotopic (exact) mass is 249 g/mol. The fraction of sp³-hybridized carbons (Fsp3) is 0.308. The smallest absolute Gasteiger partial charge is 0.305 e. The third-order valence-corrected chi connectivity index (χ3v) is 2.44. The first kappa shape index (κ1) is 13.8. The van der Waals surface area contributed by atoms with E-state index < -0.39 is 11.8 Å². The minimum atomic E-state index is -0.712. The third-order valence-electron chi connectivity index (χ3n) is 2.44. The topological polar surface area (TPSA) is 67.2 Å². The van der Waals surface area contributed by atoms with E-state index in [-0.39, 0.29) is 29.8 Å². The van der Waals surface area contributed by atoms with Gasteiger partial charge in [0.2, 0.25) is 0 Å². The van der Waals surface area contributed by atoms with E-state index in [1.54, 1.807) is 6.07 Å². The highest BCUT2D eigenvalue weighted by Gasteiger charge is 2.15. The number of hydrogen-bond donors (Lipinski definition) is 0. The molecular weight excluding hydrogens is 237 g/mol. The van der Waals surface area contributed by atoms with Gasteiger partial charge < -0.3 is 4.74 Å². The molecule has 1 aromatic rings. The highest BCUT2D eigenvalue weighted by Crippen LogP contribution is 2.15.